The number of nitriles is 1. The minimum absolute atomic E-state index is 0.114. The third kappa shape index (κ3) is 5.11. The lowest BCUT2D eigenvalue weighted by molar-refractivity contribution is -0.130. The van der Waals surface area contributed by atoms with Gasteiger partial charge in [-0.05, 0) is 36.6 Å². The fraction of sp³-hybridized carbons (Fsp3) is 0.467. The zero-order valence-electron chi connectivity index (χ0n) is 11.6. The van der Waals surface area contributed by atoms with Crippen molar-refractivity contribution in [1.29, 1.82) is 5.26 Å². The van der Waals surface area contributed by atoms with Crippen LogP contribution in [0.1, 0.15) is 30.9 Å². The molecule has 0 spiro atoms. The first-order valence-corrected chi connectivity index (χ1v) is 6.50. The summed E-state index contributed by atoms with van der Waals surface area (Å²) in [6, 6.07) is 9.43. The Balaban J connectivity index is 2.51. The maximum atomic E-state index is 11.9. The van der Waals surface area contributed by atoms with E-state index in [-0.39, 0.29) is 5.91 Å². The second-order valence-electron chi connectivity index (χ2n) is 4.94. The van der Waals surface area contributed by atoms with Crippen LogP contribution >= 0.6 is 0 Å². The number of nitrogens with zero attached hydrogens (tertiary/aromatic N) is 2. The molecule has 1 atom stereocenters. The van der Waals surface area contributed by atoms with Gasteiger partial charge in [0.1, 0.15) is 0 Å². The number of rotatable bonds is 6. The molecule has 4 nitrogen and oxygen atoms in total. The van der Waals surface area contributed by atoms with E-state index in [1.54, 1.807) is 18.0 Å². The first-order valence-electron chi connectivity index (χ1n) is 6.50. The molecule has 1 rings (SSSR count). The van der Waals surface area contributed by atoms with Crippen molar-refractivity contribution in [1.82, 2.24) is 4.90 Å². The van der Waals surface area contributed by atoms with Crippen molar-refractivity contribution in [3.05, 3.63) is 35.4 Å². The topological polar surface area (TPSA) is 70.1 Å². The van der Waals surface area contributed by atoms with E-state index in [4.69, 9.17) is 11.0 Å². The Hall–Kier alpha value is -1.86. The summed E-state index contributed by atoms with van der Waals surface area (Å²) < 4.78 is 0. The van der Waals surface area contributed by atoms with Gasteiger partial charge in [0.25, 0.3) is 0 Å². The van der Waals surface area contributed by atoms with E-state index in [1.807, 2.05) is 25.1 Å². The predicted molar refractivity (Wildman–Crippen MR) is 75.1 cm³/mol. The summed E-state index contributed by atoms with van der Waals surface area (Å²) in [6.45, 7) is 3.19. The molecule has 0 aliphatic rings. The maximum absolute atomic E-state index is 11.9. The molecule has 2 N–H and O–H groups in total. The smallest absolute Gasteiger partial charge is 0.222 e. The summed E-state index contributed by atoms with van der Waals surface area (Å²) in [4.78, 5) is 13.6. The molecule has 19 heavy (non-hydrogen) atoms. The van der Waals surface area contributed by atoms with Gasteiger partial charge in [-0.25, -0.2) is 0 Å². The molecule has 0 saturated carbocycles. The van der Waals surface area contributed by atoms with Gasteiger partial charge in [0.2, 0.25) is 5.91 Å². The third-order valence-electron chi connectivity index (χ3n) is 3.15. The number of carbonyl (C=O) groups excluding carboxylic acids is 1. The molecule has 0 aliphatic heterocycles. The normalized spacial score (nSPS) is 11.7. The number of hydrogen-bond donors (Lipinski definition) is 1. The van der Waals surface area contributed by atoms with Crippen LogP contribution in [0.25, 0.3) is 0 Å². The molecule has 0 heterocycles. The third-order valence-corrected chi connectivity index (χ3v) is 3.15. The van der Waals surface area contributed by atoms with Crippen LogP contribution in [-0.2, 0) is 11.3 Å². The van der Waals surface area contributed by atoms with Gasteiger partial charge in [0.15, 0.2) is 0 Å². The van der Waals surface area contributed by atoms with Gasteiger partial charge < -0.3 is 10.6 Å². The summed E-state index contributed by atoms with van der Waals surface area (Å²) in [5.41, 5.74) is 7.13. The quantitative estimate of drug-likeness (QED) is 0.848. The maximum Gasteiger partial charge on any atom is 0.222 e. The second-order valence-corrected chi connectivity index (χ2v) is 4.94. The van der Waals surface area contributed by atoms with Crippen molar-refractivity contribution in [3.63, 3.8) is 0 Å². The van der Waals surface area contributed by atoms with Crippen LogP contribution in [0.5, 0.6) is 0 Å². The fourth-order valence-electron chi connectivity index (χ4n) is 1.78. The zero-order chi connectivity index (χ0) is 14.3. The van der Waals surface area contributed by atoms with Crippen LogP contribution in [-0.4, -0.2) is 24.4 Å². The van der Waals surface area contributed by atoms with Gasteiger partial charge in [-0.3, -0.25) is 4.79 Å². The molecular weight excluding hydrogens is 238 g/mol. The van der Waals surface area contributed by atoms with E-state index in [1.165, 1.54) is 0 Å². The molecular formula is C15H21N3O. The molecule has 1 unspecified atom stereocenters. The van der Waals surface area contributed by atoms with E-state index < -0.39 is 0 Å². The molecule has 0 radical (unpaired) electrons. The fourth-order valence-corrected chi connectivity index (χ4v) is 1.78. The zero-order valence-corrected chi connectivity index (χ0v) is 11.6. The Morgan fingerprint density at radius 3 is 2.89 bits per heavy atom. The Bertz CT molecular complexity index is 465. The number of amides is 1. The van der Waals surface area contributed by atoms with E-state index in [9.17, 15) is 4.79 Å². The van der Waals surface area contributed by atoms with Crippen molar-refractivity contribution >= 4 is 5.91 Å². The number of benzene rings is 1. The van der Waals surface area contributed by atoms with Crippen LogP contribution in [0.3, 0.4) is 0 Å². The molecule has 1 aromatic rings. The van der Waals surface area contributed by atoms with Gasteiger partial charge >= 0.3 is 0 Å². The van der Waals surface area contributed by atoms with Gasteiger partial charge in [-0.1, -0.05) is 19.1 Å². The number of nitrogens with two attached hydrogens (primary N) is 1. The molecule has 1 aromatic carbocycles. The van der Waals surface area contributed by atoms with Crippen molar-refractivity contribution in [2.75, 3.05) is 13.6 Å². The van der Waals surface area contributed by atoms with Crippen LogP contribution in [0.4, 0.5) is 0 Å². The van der Waals surface area contributed by atoms with Gasteiger partial charge in [-0.2, -0.15) is 5.26 Å². The highest BCUT2D eigenvalue weighted by Gasteiger charge is 2.11. The number of hydrogen-bond acceptors (Lipinski definition) is 3. The standard InChI is InChI=1S/C15H21N3O/c1-12(9-16)6-7-15(19)18(2)11-14-5-3-4-13(8-14)10-17/h3-5,8,12H,6-7,9,11,16H2,1-2H3. The second kappa shape index (κ2) is 7.55. The Morgan fingerprint density at radius 2 is 2.26 bits per heavy atom. The largest absolute Gasteiger partial charge is 0.341 e. The van der Waals surface area contributed by atoms with Gasteiger partial charge in [0, 0.05) is 20.0 Å². The number of carbonyl (C=O) groups is 1. The Kier molecular flexibility index (Phi) is 6.04. The van der Waals surface area contributed by atoms with E-state index in [0.29, 0.717) is 31.0 Å². The summed E-state index contributed by atoms with van der Waals surface area (Å²) in [5.74, 6) is 0.488. The molecule has 0 saturated heterocycles. The Labute approximate surface area is 114 Å². The average Bonchev–Trinajstić information content (AvgIpc) is 2.44. The first-order chi connectivity index (χ1) is 9.06. The average molecular weight is 259 g/mol. The van der Waals surface area contributed by atoms with Crippen molar-refractivity contribution < 1.29 is 4.79 Å². The minimum Gasteiger partial charge on any atom is -0.341 e. The highest BCUT2D eigenvalue weighted by atomic mass is 16.2. The lowest BCUT2D eigenvalue weighted by Gasteiger charge is -2.18. The highest BCUT2D eigenvalue weighted by Crippen LogP contribution is 2.10. The molecule has 0 aromatic heterocycles. The predicted octanol–water partition coefficient (Wildman–Crippen LogP) is 1.89. The molecule has 0 fully saturated rings. The van der Waals surface area contributed by atoms with Crippen molar-refractivity contribution in [2.24, 2.45) is 11.7 Å². The monoisotopic (exact) mass is 259 g/mol. The van der Waals surface area contributed by atoms with Crippen LogP contribution in [0.15, 0.2) is 24.3 Å². The molecule has 102 valence electrons. The van der Waals surface area contributed by atoms with Gasteiger partial charge in [-0.15, -0.1) is 0 Å². The minimum atomic E-state index is 0.114. The van der Waals surface area contributed by atoms with Gasteiger partial charge in [0.05, 0.1) is 11.6 Å². The Morgan fingerprint density at radius 1 is 1.53 bits per heavy atom. The van der Waals surface area contributed by atoms with E-state index in [0.717, 1.165) is 12.0 Å². The van der Waals surface area contributed by atoms with Crippen LogP contribution < -0.4 is 5.73 Å². The van der Waals surface area contributed by atoms with Crippen molar-refractivity contribution in [2.45, 2.75) is 26.3 Å². The summed E-state index contributed by atoms with van der Waals surface area (Å²) in [5, 5.41) is 8.84. The van der Waals surface area contributed by atoms with E-state index in [2.05, 4.69) is 6.07 Å². The van der Waals surface area contributed by atoms with Crippen molar-refractivity contribution in [3.8, 4) is 6.07 Å². The molecule has 0 bridgehead atoms. The van der Waals surface area contributed by atoms with E-state index >= 15 is 0 Å². The van der Waals surface area contributed by atoms with Crippen LogP contribution in [0, 0.1) is 17.2 Å². The molecule has 0 aliphatic carbocycles. The summed E-state index contributed by atoms with van der Waals surface area (Å²) in [6.07, 6.45) is 1.34. The van der Waals surface area contributed by atoms with Crippen LogP contribution in [0.2, 0.25) is 0 Å². The lowest BCUT2D eigenvalue weighted by Crippen LogP contribution is -2.27. The highest BCUT2D eigenvalue weighted by molar-refractivity contribution is 5.75. The summed E-state index contributed by atoms with van der Waals surface area (Å²) in [7, 11) is 1.79. The lowest BCUT2D eigenvalue weighted by atomic mass is 10.1. The SMILES string of the molecule is CC(CN)CCC(=O)N(C)Cc1cccc(C#N)c1. The molecule has 4 heteroatoms. The summed E-state index contributed by atoms with van der Waals surface area (Å²) >= 11 is 0. The first kappa shape index (κ1) is 15.2. The molecule has 1 amide bonds.